The summed E-state index contributed by atoms with van der Waals surface area (Å²) in [5.74, 6) is 0.698. The zero-order chi connectivity index (χ0) is 26.5. The molecular weight excluding hydrogens is 494 g/mol. The molecule has 10 nitrogen and oxygen atoms in total. The number of sulfonamides is 1. The number of anilines is 2. The van der Waals surface area contributed by atoms with E-state index in [4.69, 9.17) is 4.74 Å². The molecule has 2 saturated heterocycles. The molecule has 2 aliphatic rings. The van der Waals surface area contributed by atoms with Gasteiger partial charge in [0.1, 0.15) is 11.6 Å². The third-order valence-electron chi connectivity index (χ3n) is 7.35. The molecule has 3 heterocycles. The van der Waals surface area contributed by atoms with Crippen LogP contribution in [0.2, 0.25) is 0 Å². The van der Waals surface area contributed by atoms with Gasteiger partial charge in [-0.1, -0.05) is 19.4 Å². The molecule has 0 spiro atoms. The van der Waals surface area contributed by atoms with E-state index in [9.17, 15) is 18.4 Å². The number of hydroxylamine groups is 1. The van der Waals surface area contributed by atoms with E-state index in [1.807, 2.05) is 48.2 Å². The fourth-order valence-corrected chi connectivity index (χ4v) is 7.09. The smallest absolute Gasteiger partial charge is 0.266 e. The number of carbonyl (C=O) groups is 1. The number of pyridine rings is 1. The number of aromatic nitrogens is 1. The molecule has 0 radical (unpaired) electrons. The van der Waals surface area contributed by atoms with E-state index in [-0.39, 0.29) is 25.9 Å². The summed E-state index contributed by atoms with van der Waals surface area (Å²) in [6.45, 7) is 6.99. The Bertz CT molecular complexity index is 1140. The summed E-state index contributed by atoms with van der Waals surface area (Å²) in [4.78, 5) is 21.4. The van der Waals surface area contributed by atoms with Crippen LogP contribution in [-0.2, 0) is 14.8 Å². The molecule has 11 heteroatoms. The maximum Gasteiger partial charge on any atom is 0.266 e. The molecule has 0 atom stereocenters. The van der Waals surface area contributed by atoms with Gasteiger partial charge < -0.3 is 14.5 Å². The molecule has 4 rings (SSSR count). The average molecular weight is 532 g/mol. The lowest BCUT2D eigenvalue weighted by Crippen LogP contribution is -2.63. The third kappa shape index (κ3) is 5.68. The summed E-state index contributed by atoms with van der Waals surface area (Å²) >= 11 is 0. The van der Waals surface area contributed by atoms with Crippen LogP contribution >= 0.6 is 0 Å². The Labute approximate surface area is 219 Å². The van der Waals surface area contributed by atoms with Crippen molar-refractivity contribution >= 4 is 27.4 Å². The minimum Gasteiger partial charge on any atom is -0.494 e. The van der Waals surface area contributed by atoms with Crippen LogP contribution in [0.4, 0.5) is 11.5 Å². The number of benzene rings is 1. The van der Waals surface area contributed by atoms with Crippen molar-refractivity contribution in [2.75, 3.05) is 55.7 Å². The van der Waals surface area contributed by atoms with Crippen molar-refractivity contribution in [3.8, 4) is 5.75 Å². The summed E-state index contributed by atoms with van der Waals surface area (Å²) in [7, 11) is -4.03. The highest BCUT2D eigenvalue weighted by Gasteiger charge is 2.55. The van der Waals surface area contributed by atoms with E-state index in [1.54, 1.807) is 11.7 Å². The van der Waals surface area contributed by atoms with Crippen molar-refractivity contribution < 1.29 is 23.2 Å². The summed E-state index contributed by atoms with van der Waals surface area (Å²) in [5, 5.41) is 9.48. The first-order chi connectivity index (χ1) is 17.8. The zero-order valence-electron chi connectivity index (χ0n) is 21.6. The van der Waals surface area contributed by atoms with Crippen LogP contribution in [0.5, 0.6) is 5.75 Å². The molecule has 0 saturated carbocycles. The molecule has 202 valence electrons. The molecule has 2 aliphatic heterocycles. The van der Waals surface area contributed by atoms with E-state index in [1.165, 1.54) is 4.31 Å². The van der Waals surface area contributed by atoms with E-state index < -0.39 is 20.7 Å². The van der Waals surface area contributed by atoms with Gasteiger partial charge in [-0.3, -0.25) is 10.0 Å². The first-order valence-electron chi connectivity index (χ1n) is 12.9. The van der Waals surface area contributed by atoms with Crippen molar-refractivity contribution in [2.45, 2.75) is 44.3 Å². The van der Waals surface area contributed by atoms with Crippen LogP contribution in [0.3, 0.4) is 0 Å². The third-order valence-corrected chi connectivity index (χ3v) is 9.97. The number of ether oxygens (including phenoxy) is 1. The SMILES string of the molecule is CCCCOc1ccc(N2CCN(S(=O)(=O)C3(C(=O)NO)CCN(c4ccc(C)cn4)CC3)CC2)cc1. The first-order valence-corrected chi connectivity index (χ1v) is 14.3. The van der Waals surface area contributed by atoms with Crippen LogP contribution in [0.1, 0.15) is 38.2 Å². The number of hydrogen-bond donors (Lipinski definition) is 2. The topological polar surface area (TPSA) is 115 Å². The number of unbranched alkanes of at least 4 members (excludes halogenated alkanes) is 1. The van der Waals surface area contributed by atoms with Crippen molar-refractivity contribution in [1.29, 1.82) is 0 Å². The molecule has 0 aliphatic carbocycles. The Morgan fingerprint density at radius 3 is 2.27 bits per heavy atom. The largest absolute Gasteiger partial charge is 0.494 e. The van der Waals surface area contributed by atoms with Gasteiger partial charge in [-0.15, -0.1) is 0 Å². The molecule has 37 heavy (non-hydrogen) atoms. The molecule has 1 amide bonds. The van der Waals surface area contributed by atoms with Crippen LogP contribution in [-0.4, -0.2) is 79.4 Å². The van der Waals surface area contributed by atoms with Gasteiger partial charge in [-0.2, -0.15) is 4.31 Å². The molecule has 0 unspecified atom stereocenters. The molecule has 0 bridgehead atoms. The second-order valence-corrected chi connectivity index (χ2v) is 12.0. The van der Waals surface area contributed by atoms with Gasteiger partial charge >= 0.3 is 0 Å². The molecule has 2 aromatic rings. The first kappa shape index (κ1) is 27.2. The Kier molecular flexibility index (Phi) is 8.56. The number of piperazine rings is 1. The fourth-order valence-electron chi connectivity index (χ4n) is 4.97. The summed E-state index contributed by atoms with van der Waals surface area (Å²) < 4.78 is 33.1. The standard InChI is InChI=1S/C26H37N5O5S/c1-3-4-19-36-23-8-6-22(7-9-23)29-15-17-31(18-16-29)37(34,35)26(25(32)28-33)11-13-30(14-12-26)24-10-5-21(2)20-27-24/h5-10,20,33H,3-4,11-19H2,1-2H3,(H,28,32). The van der Waals surface area contributed by atoms with Gasteiger partial charge in [0, 0.05) is 51.2 Å². The van der Waals surface area contributed by atoms with Gasteiger partial charge in [0.05, 0.1) is 6.61 Å². The molecular formula is C26H37N5O5S. The number of aryl methyl sites for hydroxylation is 1. The lowest BCUT2D eigenvalue weighted by Gasteiger charge is -2.44. The van der Waals surface area contributed by atoms with Crippen molar-refractivity contribution in [1.82, 2.24) is 14.8 Å². The average Bonchev–Trinajstić information content (AvgIpc) is 2.93. The second kappa shape index (κ2) is 11.7. The Hall–Kier alpha value is -2.89. The fraction of sp³-hybridized carbons (Fsp3) is 0.538. The van der Waals surface area contributed by atoms with Gasteiger partial charge in [-0.05, 0) is 62.1 Å². The minimum atomic E-state index is -4.03. The van der Waals surface area contributed by atoms with E-state index in [0.717, 1.165) is 35.7 Å². The minimum absolute atomic E-state index is 0.0665. The Morgan fingerprint density at radius 1 is 1.03 bits per heavy atom. The normalized spacial score (nSPS) is 18.5. The number of hydrogen-bond acceptors (Lipinski definition) is 8. The predicted octanol–water partition coefficient (Wildman–Crippen LogP) is 2.57. The Morgan fingerprint density at radius 2 is 1.70 bits per heavy atom. The number of amides is 1. The van der Waals surface area contributed by atoms with Gasteiger partial charge in [0.25, 0.3) is 5.91 Å². The quantitative estimate of drug-likeness (QED) is 0.288. The highest BCUT2D eigenvalue weighted by molar-refractivity contribution is 7.91. The van der Waals surface area contributed by atoms with Crippen LogP contribution in [0.15, 0.2) is 42.6 Å². The van der Waals surface area contributed by atoms with Gasteiger partial charge in [0.2, 0.25) is 10.0 Å². The number of nitrogens with zero attached hydrogens (tertiary/aromatic N) is 4. The predicted molar refractivity (Wildman–Crippen MR) is 143 cm³/mol. The van der Waals surface area contributed by atoms with Crippen molar-refractivity contribution in [3.05, 3.63) is 48.2 Å². The maximum absolute atomic E-state index is 13.8. The van der Waals surface area contributed by atoms with Crippen molar-refractivity contribution in [3.63, 3.8) is 0 Å². The highest BCUT2D eigenvalue weighted by Crippen LogP contribution is 2.36. The molecule has 1 aromatic heterocycles. The van der Waals surface area contributed by atoms with Gasteiger partial charge in [-0.25, -0.2) is 18.9 Å². The summed E-state index contributed by atoms with van der Waals surface area (Å²) in [6, 6.07) is 11.7. The summed E-state index contributed by atoms with van der Waals surface area (Å²) in [6.07, 6.45) is 3.98. The Balaban J connectivity index is 1.42. The molecule has 2 fully saturated rings. The summed E-state index contributed by atoms with van der Waals surface area (Å²) in [5.41, 5.74) is 3.68. The molecule has 2 N–H and O–H groups in total. The number of nitrogens with one attached hydrogen (secondary N) is 1. The monoisotopic (exact) mass is 531 g/mol. The lowest BCUT2D eigenvalue weighted by atomic mass is 9.95. The van der Waals surface area contributed by atoms with E-state index in [2.05, 4.69) is 16.8 Å². The zero-order valence-corrected chi connectivity index (χ0v) is 22.4. The number of carbonyl (C=O) groups excluding carboxylic acids is 1. The van der Waals surface area contributed by atoms with Crippen LogP contribution in [0, 0.1) is 6.92 Å². The van der Waals surface area contributed by atoms with Crippen LogP contribution in [0.25, 0.3) is 0 Å². The van der Waals surface area contributed by atoms with Gasteiger partial charge in [0.15, 0.2) is 4.75 Å². The number of piperidine rings is 1. The van der Waals surface area contributed by atoms with Crippen LogP contribution < -0.4 is 20.0 Å². The van der Waals surface area contributed by atoms with Crippen molar-refractivity contribution in [2.24, 2.45) is 0 Å². The number of rotatable bonds is 9. The lowest BCUT2D eigenvalue weighted by molar-refractivity contribution is -0.132. The van der Waals surface area contributed by atoms with E-state index >= 15 is 0 Å². The molecule has 1 aromatic carbocycles. The maximum atomic E-state index is 13.8. The van der Waals surface area contributed by atoms with E-state index in [0.29, 0.717) is 32.8 Å². The highest BCUT2D eigenvalue weighted by atomic mass is 32.2. The second-order valence-electron chi connectivity index (χ2n) is 9.70.